The highest BCUT2D eigenvalue weighted by atomic mass is 35.5. The van der Waals surface area contributed by atoms with Gasteiger partial charge >= 0.3 is 0 Å². The van der Waals surface area contributed by atoms with Gasteiger partial charge in [-0.3, -0.25) is 4.79 Å². The Hall–Kier alpha value is -2.56. The molecule has 2 aromatic rings. The molecule has 106 valence electrons. The van der Waals surface area contributed by atoms with Crippen molar-refractivity contribution in [3.63, 3.8) is 0 Å². The molecule has 0 unspecified atom stereocenters. The van der Waals surface area contributed by atoms with E-state index in [4.69, 9.17) is 18.0 Å². The molecule has 0 heterocycles. The first kappa shape index (κ1) is 14.4. The normalized spacial score (nSPS) is 14.4. The molecule has 0 amide bonds. The number of hydrogen-bond acceptors (Lipinski definition) is 1. The molecule has 0 bridgehead atoms. The van der Waals surface area contributed by atoms with Crippen LogP contribution in [-0.2, 0) is 4.79 Å². The van der Waals surface area contributed by atoms with E-state index in [1.165, 1.54) is 0 Å². The lowest BCUT2D eigenvalue weighted by atomic mass is 9.96. The van der Waals surface area contributed by atoms with Crippen LogP contribution in [0, 0.1) is 12.3 Å². The number of terminal acetylenes is 1. The molecular formula is C20H13ClO. The molecule has 0 fully saturated rings. The number of benzene rings is 2. The predicted molar refractivity (Wildman–Crippen MR) is 91.4 cm³/mol. The summed E-state index contributed by atoms with van der Waals surface area (Å²) in [5.41, 5.74) is 4.96. The van der Waals surface area contributed by atoms with Crippen LogP contribution in [0.5, 0.6) is 0 Å². The monoisotopic (exact) mass is 304 g/mol. The average molecular weight is 305 g/mol. The summed E-state index contributed by atoms with van der Waals surface area (Å²) in [4.78, 5) is 12.5. The van der Waals surface area contributed by atoms with Gasteiger partial charge < -0.3 is 0 Å². The van der Waals surface area contributed by atoms with Crippen LogP contribution in [0.25, 0.3) is 11.1 Å². The van der Waals surface area contributed by atoms with Gasteiger partial charge in [0.25, 0.3) is 0 Å². The van der Waals surface area contributed by atoms with Crippen molar-refractivity contribution >= 4 is 28.5 Å². The van der Waals surface area contributed by atoms with Gasteiger partial charge in [0.2, 0.25) is 0 Å². The van der Waals surface area contributed by atoms with E-state index >= 15 is 0 Å². The molecule has 1 aliphatic rings. The second-order valence-electron chi connectivity index (χ2n) is 5.19. The van der Waals surface area contributed by atoms with Crippen molar-refractivity contribution in [3.8, 4) is 12.3 Å². The molecule has 1 aliphatic carbocycles. The Labute approximate surface area is 134 Å². The molecule has 0 spiro atoms. The SMILES string of the molecule is C#Cc1ccc(C2=C(c3ccc(Cl)cc3)CC(=C)C2=O)cc1. The van der Waals surface area contributed by atoms with E-state index < -0.39 is 0 Å². The van der Waals surface area contributed by atoms with Crippen LogP contribution in [-0.4, -0.2) is 5.78 Å². The zero-order chi connectivity index (χ0) is 15.7. The highest BCUT2D eigenvalue weighted by Crippen LogP contribution is 2.39. The first-order valence-electron chi connectivity index (χ1n) is 6.89. The third-order valence-corrected chi connectivity index (χ3v) is 4.03. The lowest BCUT2D eigenvalue weighted by Gasteiger charge is -2.07. The summed E-state index contributed by atoms with van der Waals surface area (Å²) in [6.07, 6.45) is 5.94. The van der Waals surface area contributed by atoms with Crippen molar-refractivity contribution in [1.82, 2.24) is 0 Å². The summed E-state index contributed by atoms with van der Waals surface area (Å²) >= 11 is 5.94. The third-order valence-electron chi connectivity index (χ3n) is 3.77. The van der Waals surface area contributed by atoms with Gasteiger partial charge in [0, 0.05) is 22.6 Å². The van der Waals surface area contributed by atoms with Crippen LogP contribution >= 0.6 is 11.6 Å². The minimum Gasteiger partial charge on any atom is -0.289 e. The van der Waals surface area contributed by atoms with Gasteiger partial charge in [-0.15, -0.1) is 6.42 Å². The fraction of sp³-hybridized carbons (Fsp3) is 0.0500. The van der Waals surface area contributed by atoms with Crippen LogP contribution in [0.4, 0.5) is 0 Å². The fourth-order valence-electron chi connectivity index (χ4n) is 2.63. The van der Waals surface area contributed by atoms with E-state index in [9.17, 15) is 4.79 Å². The molecule has 2 aromatic carbocycles. The van der Waals surface area contributed by atoms with E-state index in [0.29, 0.717) is 22.6 Å². The molecule has 0 saturated heterocycles. The highest BCUT2D eigenvalue weighted by molar-refractivity contribution is 6.38. The maximum atomic E-state index is 12.5. The molecule has 22 heavy (non-hydrogen) atoms. The standard InChI is InChI=1S/C20H13ClO/c1-3-14-4-6-16(7-5-14)19-18(12-13(2)20(19)22)15-8-10-17(21)11-9-15/h1,4-11H,2,12H2. The van der Waals surface area contributed by atoms with Crippen LogP contribution in [0.1, 0.15) is 23.1 Å². The number of allylic oxidation sites excluding steroid dienone is 3. The summed E-state index contributed by atoms with van der Waals surface area (Å²) in [5, 5.41) is 0.674. The zero-order valence-electron chi connectivity index (χ0n) is 11.9. The number of hydrogen-bond donors (Lipinski definition) is 0. The maximum Gasteiger partial charge on any atom is 0.189 e. The van der Waals surface area contributed by atoms with Gasteiger partial charge in [0.1, 0.15) is 0 Å². The summed E-state index contributed by atoms with van der Waals surface area (Å²) < 4.78 is 0. The van der Waals surface area contributed by atoms with Crippen molar-refractivity contribution < 1.29 is 4.79 Å². The summed E-state index contributed by atoms with van der Waals surface area (Å²) in [6, 6.07) is 15.0. The van der Waals surface area contributed by atoms with Crippen molar-refractivity contribution in [3.05, 3.63) is 82.4 Å². The minimum atomic E-state index is -0.00147. The second-order valence-corrected chi connectivity index (χ2v) is 5.63. The Morgan fingerprint density at radius 3 is 2.18 bits per heavy atom. The lowest BCUT2D eigenvalue weighted by molar-refractivity contribution is -0.110. The van der Waals surface area contributed by atoms with E-state index in [2.05, 4.69) is 12.5 Å². The van der Waals surface area contributed by atoms with Crippen molar-refractivity contribution in [2.45, 2.75) is 6.42 Å². The van der Waals surface area contributed by atoms with Crippen LogP contribution < -0.4 is 0 Å². The molecule has 0 atom stereocenters. The number of Topliss-reactive ketones (excluding diaryl/α,β-unsaturated/α-hetero) is 1. The van der Waals surface area contributed by atoms with Gasteiger partial charge in [0.15, 0.2) is 5.78 Å². The van der Waals surface area contributed by atoms with Crippen LogP contribution in [0.15, 0.2) is 60.7 Å². The van der Waals surface area contributed by atoms with Crippen molar-refractivity contribution in [2.24, 2.45) is 0 Å². The molecule has 0 radical (unpaired) electrons. The highest BCUT2D eigenvalue weighted by Gasteiger charge is 2.28. The Balaban J connectivity index is 2.15. The molecule has 1 nitrogen and oxygen atoms in total. The second kappa shape index (κ2) is 5.67. The van der Waals surface area contributed by atoms with Gasteiger partial charge in [-0.1, -0.05) is 48.4 Å². The van der Waals surface area contributed by atoms with E-state index in [1.807, 2.05) is 48.5 Å². The van der Waals surface area contributed by atoms with Crippen LogP contribution in [0.3, 0.4) is 0 Å². The van der Waals surface area contributed by atoms with Gasteiger partial charge in [0.05, 0.1) is 0 Å². The average Bonchev–Trinajstić information content (AvgIpc) is 2.84. The van der Waals surface area contributed by atoms with Gasteiger partial charge in [-0.25, -0.2) is 0 Å². The third kappa shape index (κ3) is 2.50. The molecule has 0 aliphatic heterocycles. The summed E-state index contributed by atoms with van der Waals surface area (Å²) in [6.45, 7) is 3.89. The number of rotatable bonds is 2. The Kier molecular flexibility index (Phi) is 3.71. The molecule has 0 N–H and O–H groups in total. The quantitative estimate of drug-likeness (QED) is 0.577. The van der Waals surface area contributed by atoms with Gasteiger partial charge in [-0.05, 0) is 46.5 Å². The fourth-order valence-corrected chi connectivity index (χ4v) is 2.76. The Morgan fingerprint density at radius 1 is 1.00 bits per heavy atom. The predicted octanol–water partition coefficient (Wildman–Crippen LogP) is 4.76. The Bertz CT molecular complexity index is 831. The van der Waals surface area contributed by atoms with Crippen LogP contribution in [0.2, 0.25) is 5.02 Å². The molecule has 3 rings (SSSR count). The number of ketones is 1. The minimum absolute atomic E-state index is 0.00147. The smallest absolute Gasteiger partial charge is 0.189 e. The van der Waals surface area contributed by atoms with E-state index in [-0.39, 0.29) is 5.78 Å². The summed E-state index contributed by atoms with van der Waals surface area (Å²) in [7, 11) is 0. The van der Waals surface area contributed by atoms with Gasteiger partial charge in [-0.2, -0.15) is 0 Å². The molecule has 0 aromatic heterocycles. The Morgan fingerprint density at radius 2 is 1.59 bits per heavy atom. The first-order valence-corrected chi connectivity index (χ1v) is 7.26. The molecular weight excluding hydrogens is 292 g/mol. The van der Waals surface area contributed by atoms with Crippen molar-refractivity contribution in [1.29, 1.82) is 0 Å². The van der Waals surface area contributed by atoms with E-state index in [0.717, 1.165) is 22.3 Å². The van der Waals surface area contributed by atoms with Crippen molar-refractivity contribution in [2.75, 3.05) is 0 Å². The molecule has 2 heteroatoms. The molecule has 0 saturated carbocycles. The van der Waals surface area contributed by atoms with E-state index in [1.54, 1.807) is 0 Å². The maximum absolute atomic E-state index is 12.5. The first-order chi connectivity index (χ1) is 10.6. The topological polar surface area (TPSA) is 17.1 Å². The summed E-state index contributed by atoms with van der Waals surface area (Å²) in [5.74, 6) is 2.58. The number of carbonyl (C=O) groups excluding carboxylic acids is 1. The number of halogens is 1. The zero-order valence-corrected chi connectivity index (χ0v) is 12.7. The largest absolute Gasteiger partial charge is 0.289 e. The number of carbonyl (C=O) groups is 1. The lowest BCUT2D eigenvalue weighted by Crippen LogP contribution is -1.98.